The van der Waals surface area contributed by atoms with Crippen molar-refractivity contribution in [3.8, 4) is 6.07 Å². The molecule has 0 spiro atoms. The van der Waals surface area contributed by atoms with Crippen LogP contribution in [0.3, 0.4) is 0 Å². The Balaban J connectivity index is 2.33. The molecular weight excluding hydrogens is 254 g/mol. The Hall–Kier alpha value is -1.86. The van der Waals surface area contributed by atoms with Gasteiger partial charge in [0.25, 0.3) is 0 Å². The molecule has 98 valence electrons. The molecule has 0 amide bonds. The molecule has 19 heavy (non-hydrogen) atoms. The summed E-state index contributed by atoms with van der Waals surface area (Å²) in [4.78, 5) is 4.59. The normalized spacial score (nSPS) is 11.1. The van der Waals surface area contributed by atoms with Crippen molar-refractivity contribution >= 4 is 22.2 Å². The lowest BCUT2D eigenvalue weighted by Crippen LogP contribution is -2.11. The fourth-order valence-electron chi connectivity index (χ4n) is 1.71. The Morgan fingerprint density at radius 1 is 1.32 bits per heavy atom. The molecule has 2 rings (SSSR count). The molecule has 3 nitrogen and oxygen atoms in total. The number of nitrogens with one attached hydrogen (secondary N) is 1. The second kappa shape index (κ2) is 5.02. The van der Waals surface area contributed by atoms with E-state index in [4.69, 9.17) is 5.26 Å². The third kappa shape index (κ3) is 2.94. The van der Waals surface area contributed by atoms with Gasteiger partial charge in [-0.1, -0.05) is 32.9 Å². The van der Waals surface area contributed by atoms with E-state index < -0.39 is 0 Å². The monoisotopic (exact) mass is 271 g/mol. The first-order valence-corrected chi connectivity index (χ1v) is 7.02. The SMILES string of the molecule is Cc1cccc(C#N)c1Nc1nc(C(C)(C)C)cs1. The number of nitrogens with zero attached hydrogens (tertiary/aromatic N) is 2. The third-order valence-corrected chi connectivity index (χ3v) is 3.66. The zero-order valence-corrected chi connectivity index (χ0v) is 12.4. The highest BCUT2D eigenvalue weighted by atomic mass is 32.1. The van der Waals surface area contributed by atoms with E-state index in [2.05, 4.69) is 42.5 Å². The van der Waals surface area contributed by atoms with E-state index in [1.54, 1.807) is 11.3 Å². The molecule has 1 aromatic carbocycles. The van der Waals surface area contributed by atoms with E-state index in [-0.39, 0.29) is 5.41 Å². The molecule has 1 N–H and O–H groups in total. The van der Waals surface area contributed by atoms with Crippen LogP contribution in [0.2, 0.25) is 0 Å². The number of anilines is 2. The van der Waals surface area contributed by atoms with Crippen molar-refractivity contribution in [1.82, 2.24) is 4.98 Å². The standard InChI is InChI=1S/C15H17N3S/c1-10-6-5-7-11(8-16)13(10)18-14-17-12(9-19-14)15(2,3)4/h5-7,9H,1-4H3,(H,17,18). The van der Waals surface area contributed by atoms with E-state index in [0.29, 0.717) is 5.56 Å². The molecule has 1 heterocycles. The van der Waals surface area contributed by atoms with Gasteiger partial charge >= 0.3 is 0 Å². The Morgan fingerprint density at radius 3 is 2.63 bits per heavy atom. The lowest BCUT2D eigenvalue weighted by Gasteiger charge is -2.14. The van der Waals surface area contributed by atoms with Crippen LogP contribution < -0.4 is 5.32 Å². The number of para-hydroxylation sites is 1. The number of hydrogen-bond donors (Lipinski definition) is 1. The van der Waals surface area contributed by atoms with Gasteiger partial charge < -0.3 is 5.32 Å². The average molecular weight is 271 g/mol. The van der Waals surface area contributed by atoms with Gasteiger partial charge in [-0.05, 0) is 18.6 Å². The van der Waals surface area contributed by atoms with Crippen LogP contribution in [0.25, 0.3) is 0 Å². The predicted molar refractivity (Wildman–Crippen MR) is 80.0 cm³/mol. The molecule has 0 unspecified atom stereocenters. The molecule has 4 heteroatoms. The minimum absolute atomic E-state index is 0.0419. The van der Waals surface area contributed by atoms with Crippen LogP contribution >= 0.6 is 11.3 Å². The van der Waals surface area contributed by atoms with E-state index >= 15 is 0 Å². The molecule has 0 aliphatic rings. The molecule has 0 bridgehead atoms. The average Bonchev–Trinajstić information content (AvgIpc) is 2.80. The summed E-state index contributed by atoms with van der Waals surface area (Å²) in [7, 11) is 0. The first-order chi connectivity index (χ1) is 8.91. The van der Waals surface area contributed by atoms with Crippen LogP contribution in [-0.4, -0.2) is 4.98 Å². The fourth-order valence-corrected chi connectivity index (χ4v) is 2.65. The number of thiazole rings is 1. The summed E-state index contributed by atoms with van der Waals surface area (Å²) < 4.78 is 0. The Bertz CT molecular complexity index is 630. The van der Waals surface area contributed by atoms with Crippen LogP contribution in [0, 0.1) is 18.3 Å². The van der Waals surface area contributed by atoms with Gasteiger partial charge in [0.15, 0.2) is 5.13 Å². The van der Waals surface area contributed by atoms with E-state index in [0.717, 1.165) is 22.1 Å². The number of benzene rings is 1. The summed E-state index contributed by atoms with van der Waals surface area (Å²) in [5.74, 6) is 0. The van der Waals surface area contributed by atoms with E-state index in [9.17, 15) is 0 Å². The minimum atomic E-state index is 0.0419. The first-order valence-electron chi connectivity index (χ1n) is 6.14. The highest BCUT2D eigenvalue weighted by Gasteiger charge is 2.18. The van der Waals surface area contributed by atoms with E-state index in [1.807, 2.05) is 25.1 Å². The van der Waals surface area contributed by atoms with Crippen molar-refractivity contribution in [2.75, 3.05) is 5.32 Å². The molecule has 0 atom stereocenters. The molecule has 2 aromatic rings. The molecule has 0 saturated carbocycles. The highest BCUT2D eigenvalue weighted by molar-refractivity contribution is 7.13. The maximum atomic E-state index is 9.15. The lowest BCUT2D eigenvalue weighted by atomic mass is 9.93. The number of rotatable bonds is 2. The number of aromatic nitrogens is 1. The minimum Gasteiger partial charge on any atom is -0.330 e. The van der Waals surface area contributed by atoms with Crippen molar-refractivity contribution in [2.24, 2.45) is 0 Å². The summed E-state index contributed by atoms with van der Waals surface area (Å²) >= 11 is 1.57. The van der Waals surface area contributed by atoms with Crippen LogP contribution in [0.1, 0.15) is 37.6 Å². The van der Waals surface area contributed by atoms with Gasteiger partial charge in [-0.25, -0.2) is 4.98 Å². The van der Waals surface area contributed by atoms with Gasteiger partial charge in [0.05, 0.1) is 16.9 Å². The summed E-state index contributed by atoms with van der Waals surface area (Å²) in [6.07, 6.45) is 0. The van der Waals surface area contributed by atoms with Crippen LogP contribution in [0.4, 0.5) is 10.8 Å². The maximum Gasteiger partial charge on any atom is 0.187 e. The van der Waals surface area contributed by atoms with Gasteiger partial charge in [0.2, 0.25) is 0 Å². The van der Waals surface area contributed by atoms with Gasteiger partial charge in [0.1, 0.15) is 6.07 Å². The molecule has 1 aromatic heterocycles. The fraction of sp³-hybridized carbons (Fsp3) is 0.333. The molecular formula is C15H17N3S. The second-order valence-electron chi connectivity index (χ2n) is 5.52. The van der Waals surface area contributed by atoms with Crippen molar-refractivity contribution in [3.63, 3.8) is 0 Å². The zero-order chi connectivity index (χ0) is 14.0. The van der Waals surface area contributed by atoms with Crippen molar-refractivity contribution in [1.29, 1.82) is 5.26 Å². The Labute approximate surface area is 117 Å². The molecule has 0 fully saturated rings. The van der Waals surface area contributed by atoms with Crippen LogP contribution in [0.15, 0.2) is 23.6 Å². The quantitative estimate of drug-likeness (QED) is 0.882. The molecule has 0 saturated heterocycles. The van der Waals surface area contributed by atoms with Gasteiger partial charge in [-0.3, -0.25) is 0 Å². The van der Waals surface area contributed by atoms with Gasteiger partial charge in [-0.15, -0.1) is 11.3 Å². The topological polar surface area (TPSA) is 48.7 Å². The molecule has 0 aliphatic heterocycles. The van der Waals surface area contributed by atoms with Crippen LogP contribution in [0.5, 0.6) is 0 Å². The molecule has 0 aliphatic carbocycles. The zero-order valence-electron chi connectivity index (χ0n) is 11.6. The molecule has 0 radical (unpaired) electrons. The van der Waals surface area contributed by atoms with Crippen molar-refractivity contribution in [2.45, 2.75) is 33.1 Å². The lowest BCUT2D eigenvalue weighted by molar-refractivity contribution is 0.573. The third-order valence-electron chi connectivity index (χ3n) is 2.90. The van der Waals surface area contributed by atoms with E-state index in [1.165, 1.54) is 0 Å². The number of hydrogen-bond acceptors (Lipinski definition) is 4. The smallest absolute Gasteiger partial charge is 0.187 e. The van der Waals surface area contributed by atoms with Crippen LogP contribution in [-0.2, 0) is 5.41 Å². The maximum absolute atomic E-state index is 9.15. The number of aryl methyl sites for hydroxylation is 1. The second-order valence-corrected chi connectivity index (χ2v) is 6.38. The summed E-state index contributed by atoms with van der Waals surface area (Å²) in [5.41, 5.74) is 3.64. The van der Waals surface area contributed by atoms with Crippen molar-refractivity contribution in [3.05, 3.63) is 40.4 Å². The van der Waals surface area contributed by atoms with Crippen molar-refractivity contribution < 1.29 is 0 Å². The predicted octanol–water partition coefficient (Wildman–Crippen LogP) is 4.36. The Morgan fingerprint density at radius 2 is 2.05 bits per heavy atom. The number of nitriles is 1. The highest BCUT2D eigenvalue weighted by Crippen LogP contribution is 2.30. The largest absolute Gasteiger partial charge is 0.330 e. The summed E-state index contributed by atoms with van der Waals surface area (Å²) in [6, 6.07) is 7.90. The Kier molecular flexibility index (Phi) is 3.59. The summed E-state index contributed by atoms with van der Waals surface area (Å²) in [5, 5.41) is 15.3. The summed E-state index contributed by atoms with van der Waals surface area (Å²) in [6.45, 7) is 8.41. The van der Waals surface area contributed by atoms with Gasteiger partial charge in [0, 0.05) is 10.8 Å². The first kappa shape index (κ1) is 13.6. The van der Waals surface area contributed by atoms with Gasteiger partial charge in [-0.2, -0.15) is 5.26 Å².